The number of amides is 1. The molecule has 1 aromatic heterocycles. The third kappa shape index (κ3) is 4.44. The van der Waals surface area contributed by atoms with Crippen LogP contribution in [0.4, 0.5) is 0 Å². The summed E-state index contributed by atoms with van der Waals surface area (Å²) in [6.45, 7) is 4.50. The van der Waals surface area contributed by atoms with E-state index in [0.717, 1.165) is 44.7 Å². The van der Waals surface area contributed by atoms with Crippen LogP contribution in [-0.4, -0.2) is 41.9 Å². The Hall–Kier alpha value is -2.16. The summed E-state index contributed by atoms with van der Waals surface area (Å²) >= 11 is 1.73. The Bertz CT molecular complexity index is 695. The number of piperazine rings is 1. The van der Waals surface area contributed by atoms with Crippen LogP contribution in [0.3, 0.4) is 0 Å². The molecule has 1 amide bonds. The molecule has 24 heavy (non-hydrogen) atoms. The molecule has 4 nitrogen and oxygen atoms in total. The molecular formula is C19H21N3OS. The van der Waals surface area contributed by atoms with Crippen LogP contribution in [0, 0.1) is 11.3 Å². The summed E-state index contributed by atoms with van der Waals surface area (Å²) in [7, 11) is 0. The zero-order valence-electron chi connectivity index (χ0n) is 13.6. The molecule has 2 heterocycles. The van der Waals surface area contributed by atoms with Crippen molar-refractivity contribution in [3.63, 3.8) is 0 Å². The molecule has 0 spiro atoms. The van der Waals surface area contributed by atoms with Gasteiger partial charge in [0, 0.05) is 39.1 Å². The zero-order chi connectivity index (χ0) is 16.8. The highest BCUT2D eigenvalue weighted by atomic mass is 32.1. The van der Waals surface area contributed by atoms with Crippen LogP contribution in [0.25, 0.3) is 0 Å². The maximum atomic E-state index is 12.4. The van der Waals surface area contributed by atoms with Gasteiger partial charge in [0.1, 0.15) is 0 Å². The third-order valence-corrected chi connectivity index (χ3v) is 5.15. The van der Waals surface area contributed by atoms with Crippen LogP contribution in [0.1, 0.15) is 23.1 Å². The predicted octanol–water partition coefficient (Wildman–Crippen LogP) is 2.90. The van der Waals surface area contributed by atoms with Gasteiger partial charge in [-0.3, -0.25) is 9.69 Å². The Kier molecular flexibility index (Phi) is 5.63. The number of thiophene rings is 1. The summed E-state index contributed by atoms with van der Waals surface area (Å²) in [6.07, 6.45) is 1.27. The number of carbonyl (C=O) groups excluding carboxylic acids is 1. The first kappa shape index (κ1) is 16.7. The number of rotatable bonds is 5. The van der Waals surface area contributed by atoms with Crippen LogP contribution in [0.2, 0.25) is 0 Å². The van der Waals surface area contributed by atoms with E-state index >= 15 is 0 Å². The van der Waals surface area contributed by atoms with Gasteiger partial charge in [0.05, 0.1) is 11.6 Å². The van der Waals surface area contributed by atoms with Crippen molar-refractivity contribution in [2.24, 2.45) is 0 Å². The van der Waals surface area contributed by atoms with E-state index in [1.165, 1.54) is 5.56 Å². The highest BCUT2D eigenvalue weighted by Gasteiger charge is 2.20. The summed E-state index contributed by atoms with van der Waals surface area (Å²) in [4.78, 5) is 16.8. The first-order valence-electron chi connectivity index (χ1n) is 8.25. The van der Waals surface area contributed by atoms with Gasteiger partial charge in [-0.15, -0.1) is 0 Å². The van der Waals surface area contributed by atoms with Gasteiger partial charge in [-0.25, -0.2) is 0 Å². The summed E-state index contributed by atoms with van der Waals surface area (Å²) in [6, 6.07) is 11.8. The molecular weight excluding hydrogens is 318 g/mol. The van der Waals surface area contributed by atoms with Gasteiger partial charge >= 0.3 is 0 Å². The van der Waals surface area contributed by atoms with Crippen molar-refractivity contribution in [1.29, 1.82) is 5.26 Å². The molecule has 0 saturated carbocycles. The SMILES string of the molecule is N#Cc1ccc(CCC(=O)N2CCN(Cc3ccsc3)CC2)cc1. The van der Waals surface area contributed by atoms with E-state index in [2.05, 4.69) is 27.8 Å². The topological polar surface area (TPSA) is 47.3 Å². The van der Waals surface area contributed by atoms with Crippen molar-refractivity contribution < 1.29 is 4.79 Å². The van der Waals surface area contributed by atoms with Gasteiger partial charge in [0.2, 0.25) is 5.91 Å². The van der Waals surface area contributed by atoms with E-state index in [1.807, 2.05) is 29.2 Å². The quantitative estimate of drug-likeness (QED) is 0.841. The highest BCUT2D eigenvalue weighted by molar-refractivity contribution is 7.07. The summed E-state index contributed by atoms with van der Waals surface area (Å²) < 4.78 is 0. The lowest BCUT2D eigenvalue weighted by molar-refractivity contribution is -0.133. The van der Waals surface area contributed by atoms with Crippen LogP contribution < -0.4 is 0 Å². The molecule has 0 bridgehead atoms. The number of hydrogen-bond acceptors (Lipinski definition) is 4. The number of benzene rings is 1. The maximum absolute atomic E-state index is 12.4. The molecule has 1 aliphatic rings. The Morgan fingerprint density at radius 3 is 2.46 bits per heavy atom. The van der Waals surface area contributed by atoms with E-state index in [0.29, 0.717) is 12.0 Å². The van der Waals surface area contributed by atoms with Gasteiger partial charge < -0.3 is 4.90 Å². The molecule has 1 saturated heterocycles. The van der Waals surface area contributed by atoms with Crippen LogP contribution in [0.15, 0.2) is 41.1 Å². The van der Waals surface area contributed by atoms with Crippen molar-refractivity contribution in [3.05, 3.63) is 57.8 Å². The number of carbonyl (C=O) groups is 1. The minimum Gasteiger partial charge on any atom is -0.340 e. The number of nitriles is 1. The Morgan fingerprint density at radius 2 is 1.83 bits per heavy atom. The molecule has 1 fully saturated rings. The van der Waals surface area contributed by atoms with E-state index in [9.17, 15) is 4.79 Å². The maximum Gasteiger partial charge on any atom is 0.222 e. The molecule has 3 rings (SSSR count). The third-order valence-electron chi connectivity index (χ3n) is 4.42. The second-order valence-corrected chi connectivity index (χ2v) is 6.88. The Morgan fingerprint density at radius 1 is 1.08 bits per heavy atom. The fourth-order valence-corrected chi connectivity index (χ4v) is 3.61. The number of hydrogen-bond donors (Lipinski definition) is 0. The van der Waals surface area contributed by atoms with Crippen molar-refractivity contribution in [3.8, 4) is 6.07 Å². The second-order valence-electron chi connectivity index (χ2n) is 6.10. The number of aryl methyl sites for hydroxylation is 1. The summed E-state index contributed by atoms with van der Waals surface area (Å²) in [5, 5.41) is 13.1. The lowest BCUT2D eigenvalue weighted by atomic mass is 10.1. The Balaban J connectivity index is 1.42. The molecule has 5 heteroatoms. The molecule has 0 aliphatic carbocycles. The smallest absolute Gasteiger partial charge is 0.222 e. The fourth-order valence-electron chi connectivity index (χ4n) is 2.95. The first-order valence-corrected chi connectivity index (χ1v) is 9.19. The van der Waals surface area contributed by atoms with Gasteiger partial charge in [-0.2, -0.15) is 16.6 Å². The van der Waals surface area contributed by atoms with Crippen molar-refractivity contribution in [2.45, 2.75) is 19.4 Å². The van der Waals surface area contributed by atoms with Crippen LogP contribution >= 0.6 is 11.3 Å². The molecule has 1 aromatic carbocycles. The molecule has 0 unspecified atom stereocenters. The van der Waals surface area contributed by atoms with Crippen LogP contribution in [-0.2, 0) is 17.8 Å². The average molecular weight is 339 g/mol. The van der Waals surface area contributed by atoms with Crippen molar-refractivity contribution in [2.75, 3.05) is 26.2 Å². The largest absolute Gasteiger partial charge is 0.340 e. The van der Waals surface area contributed by atoms with Crippen molar-refractivity contribution in [1.82, 2.24) is 9.80 Å². The fraction of sp³-hybridized carbons (Fsp3) is 0.368. The standard InChI is InChI=1S/C19H21N3OS/c20-13-17-3-1-16(2-4-17)5-6-19(23)22-10-8-21(9-11-22)14-18-7-12-24-15-18/h1-4,7,12,15H,5-6,8-11,14H2. The summed E-state index contributed by atoms with van der Waals surface area (Å²) in [5.74, 6) is 0.231. The minimum atomic E-state index is 0.231. The normalized spacial score (nSPS) is 15.2. The van der Waals surface area contributed by atoms with Gasteiger partial charge in [0.15, 0.2) is 0 Å². The molecule has 2 aromatic rings. The van der Waals surface area contributed by atoms with Gasteiger partial charge in [0.25, 0.3) is 0 Å². The number of nitrogens with zero attached hydrogens (tertiary/aromatic N) is 3. The van der Waals surface area contributed by atoms with E-state index < -0.39 is 0 Å². The van der Waals surface area contributed by atoms with Gasteiger partial charge in [-0.05, 0) is 46.5 Å². The second kappa shape index (κ2) is 8.09. The Labute approximate surface area is 146 Å². The molecule has 0 radical (unpaired) electrons. The average Bonchev–Trinajstić information content (AvgIpc) is 3.14. The predicted molar refractivity (Wildman–Crippen MR) is 95.7 cm³/mol. The molecule has 0 N–H and O–H groups in total. The minimum absolute atomic E-state index is 0.231. The van der Waals surface area contributed by atoms with E-state index in [4.69, 9.17) is 5.26 Å². The molecule has 0 atom stereocenters. The van der Waals surface area contributed by atoms with Crippen molar-refractivity contribution >= 4 is 17.2 Å². The lowest BCUT2D eigenvalue weighted by Crippen LogP contribution is -2.48. The lowest BCUT2D eigenvalue weighted by Gasteiger charge is -2.34. The zero-order valence-corrected chi connectivity index (χ0v) is 14.5. The van der Waals surface area contributed by atoms with E-state index in [1.54, 1.807) is 11.3 Å². The van der Waals surface area contributed by atoms with E-state index in [-0.39, 0.29) is 5.91 Å². The summed E-state index contributed by atoms with van der Waals surface area (Å²) in [5.41, 5.74) is 3.13. The first-order chi connectivity index (χ1) is 11.7. The van der Waals surface area contributed by atoms with Gasteiger partial charge in [-0.1, -0.05) is 12.1 Å². The highest BCUT2D eigenvalue weighted by Crippen LogP contribution is 2.13. The molecule has 124 valence electrons. The molecule has 1 aliphatic heterocycles. The monoisotopic (exact) mass is 339 g/mol. The van der Waals surface area contributed by atoms with Crippen LogP contribution in [0.5, 0.6) is 0 Å².